The lowest BCUT2D eigenvalue weighted by molar-refractivity contribution is 0.0693. The molecule has 98 valence electrons. The van der Waals surface area contributed by atoms with Crippen LogP contribution in [0, 0.1) is 0 Å². The number of anilines is 2. The summed E-state index contributed by atoms with van der Waals surface area (Å²) in [6.07, 6.45) is 0. The Morgan fingerprint density at radius 2 is 2.05 bits per heavy atom. The summed E-state index contributed by atoms with van der Waals surface area (Å²) in [7, 11) is 0. The number of benzene rings is 1. The first-order chi connectivity index (χ1) is 8.95. The second-order valence-corrected chi connectivity index (χ2v) is 4.67. The molecule has 1 heterocycles. The number of nitrogen functional groups attached to an aromatic ring is 2. The van der Waals surface area contributed by atoms with Gasteiger partial charge >= 0.3 is 5.97 Å². The van der Waals surface area contributed by atoms with Crippen molar-refractivity contribution >= 4 is 29.2 Å². The van der Waals surface area contributed by atoms with E-state index in [1.807, 2.05) is 0 Å². The molecule has 0 spiro atoms. The molecule has 0 aliphatic heterocycles. The summed E-state index contributed by atoms with van der Waals surface area (Å²) < 4.78 is 0. The molecule has 0 amide bonds. The molecule has 0 unspecified atom stereocenters. The van der Waals surface area contributed by atoms with Crippen LogP contribution in [0.5, 0.6) is 0 Å². The normalized spacial score (nSPS) is 10.3. The van der Waals surface area contributed by atoms with Crippen molar-refractivity contribution in [1.82, 2.24) is 9.97 Å². The molecule has 0 aliphatic carbocycles. The molecular weight excluding hydrogens is 268 g/mol. The maximum Gasteiger partial charge on any atom is 0.336 e. The van der Waals surface area contributed by atoms with Gasteiger partial charge in [0.1, 0.15) is 5.82 Å². The molecule has 1 aromatic carbocycles. The van der Waals surface area contributed by atoms with Crippen LogP contribution in [0.15, 0.2) is 39.1 Å². The van der Waals surface area contributed by atoms with Crippen LogP contribution < -0.4 is 17.0 Å². The van der Waals surface area contributed by atoms with E-state index in [-0.39, 0.29) is 16.5 Å². The van der Waals surface area contributed by atoms with Gasteiger partial charge in [0.2, 0.25) is 0 Å². The lowest BCUT2D eigenvalue weighted by atomic mass is 10.2. The van der Waals surface area contributed by atoms with Crippen molar-refractivity contribution in [2.75, 3.05) is 11.5 Å². The van der Waals surface area contributed by atoms with Gasteiger partial charge in [-0.05, 0) is 18.2 Å². The average molecular weight is 278 g/mol. The fourth-order valence-electron chi connectivity index (χ4n) is 1.41. The molecule has 8 heteroatoms. The van der Waals surface area contributed by atoms with Gasteiger partial charge < -0.3 is 21.6 Å². The Bertz CT molecular complexity index is 699. The highest BCUT2D eigenvalue weighted by Gasteiger charge is 2.13. The van der Waals surface area contributed by atoms with Gasteiger partial charge in [-0.3, -0.25) is 4.79 Å². The Balaban J connectivity index is 2.43. The smallest absolute Gasteiger partial charge is 0.336 e. The highest BCUT2D eigenvalue weighted by Crippen LogP contribution is 2.29. The fourth-order valence-corrected chi connectivity index (χ4v) is 2.31. The van der Waals surface area contributed by atoms with Crippen LogP contribution in [0.1, 0.15) is 10.4 Å². The Labute approximate surface area is 111 Å². The molecule has 0 radical (unpaired) electrons. The number of carbonyl (C=O) groups is 1. The van der Waals surface area contributed by atoms with Crippen molar-refractivity contribution in [3.05, 3.63) is 40.2 Å². The molecular formula is C11H10N4O3S. The quantitative estimate of drug-likeness (QED) is 0.481. The topological polar surface area (TPSA) is 135 Å². The predicted molar refractivity (Wildman–Crippen MR) is 71.2 cm³/mol. The van der Waals surface area contributed by atoms with Gasteiger partial charge in [-0.2, -0.15) is 0 Å². The molecule has 0 aliphatic rings. The monoisotopic (exact) mass is 278 g/mol. The third-order valence-electron chi connectivity index (χ3n) is 2.18. The van der Waals surface area contributed by atoms with E-state index in [2.05, 4.69) is 9.97 Å². The van der Waals surface area contributed by atoms with Crippen molar-refractivity contribution in [1.29, 1.82) is 0 Å². The summed E-state index contributed by atoms with van der Waals surface area (Å²) in [6, 6.07) is 5.60. The Morgan fingerprint density at radius 1 is 1.32 bits per heavy atom. The van der Waals surface area contributed by atoms with Crippen LogP contribution in [-0.4, -0.2) is 21.0 Å². The summed E-state index contributed by atoms with van der Waals surface area (Å²) in [5.74, 6) is -1.04. The first-order valence-electron chi connectivity index (χ1n) is 5.13. The number of hydrogen-bond donors (Lipinski definition) is 4. The SMILES string of the molecule is Nc1ccc(Sc2nc(N)cc(=O)[nH]2)c(C(=O)O)c1. The highest BCUT2D eigenvalue weighted by atomic mass is 32.2. The average Bonchev–Trinajstić information content (AvgIpc) is 2.30. The van der Waals surface area contributed by atoms with E-state index in [0.29, 0.717) is 10.6 Å². The summed E-state index contributed by atoms with van der Waals surface area (Å²) >= 11 is 0.997. The second kappa shape index (κ2) is 5.02. The molecule has 7 nitrogen and oxygen atoms in total. The molecule has 0 atom stereocenters. The lowest BCUT2D eigenvalue weighted by Gasteiger charge is -2.06. The largest absolute Gasteiger partial charge is 0.478 e. The summed E-state index contributed by atoms with van der Waals surface area (Å²) in [6.45, 7) is 0. The Morgan fingerprint density at radius 3 is 2.68 bits per heavy atom. The number of carboxylic acid groups (broad SMARTS) is 1. The third-order valence-corrected chi connectivity index (χ3v) is 3.14. The number of rotatable bonds is 3. The molecule has 2 rings (SSSR count). The number of nitrogens with one attached hydrogen (secondary N) is 1. The molecule has 19 heavy (non-hydrogen) atoms. The van der Waals surface area contributed by atoms with E-state index < -0.39 is 11.5 Å². The van der Waals surface area contributed by atoms with Crippen molar-refractivity contribution in [2.24, 2.45) is 0 Å². The third kappa shape index (κ3) is 3.05. The van der Waals surface area contributed by atoms with Crippen LogP contribution in [-0.2, 0) is 0 Å². The van der Waals surface area contributed by atoms with Gasteiger partial charge in [-0.25, -0.2) is 9.78 Å². The van der Waals surface area contributed by atoms with Gasteiger partial charge in [0, 0.05) is 16.6 Å². The first kappa shape index (κ1) is 13.0. The van der Waals surface area contributed by atoms with Crippen molar-refractivity contribution < 1.29 is 9.90 Å². The number of hydrogen-bond acceptors (Lipinski definition) is 6. The second-order valence-electron chi connectivity index (χ2n) is 3.64. The lowest BCUT2D eigenvalue weighted by Crippen LogP contribution is -2.09. The van der Waals surface area contributed by atoms with Crippen LogP contribution in [0.4, 0.5) is 11.5 Å². The summed E-state index contributed by atoms with van der Waals surface area (Å²) in [4.78, 5) is 29.2. The number of aromatic nitrogens is 2. The summed E-state index contributed by atoms with van der Waals surface area (Å²) in [5, 5.41) is 9.31. The maximum atomic E-state index is 11.2. The molecule has 2 aromatic rings. The van der Waals surface area contributed by atoms with Gasteiger partial charge in [0.25, 0.3) is 5.56 Å². The number of aromatic amines is 1. The standard InChI is InChI=1S/C11H10N4O3S/c12-5-1-2-7(6(3-5)10(17)18)19-11-14-8(13)4-9(16)15-11/h1-4H,12H2,(H,17,18)(H3,13,14,15,16). The minimum Gasteiger partial charge on any atom is -0.478 e. The zero-order valence-electron chi connectivity index (χ0n) is 9.58. The number of aromatic carboxylic acids is 1. The van der Waals surface area contributed by atoms with E-state index in [4.69, 9.17) is 16.6 Å². The highest BCUT2D eigenvalue weighted by molar-refractivity contribution is 7.99. The minimum absolute atomic E-state index is 0.0371. The van der Waals surface area contributed by atoms with E-state index in [1.54, 1.807) is 12.1 Å². The maximum absolute atomic E-state index is 11.2. The number of nitrogens with two attached hydrogens (primary N) is 2. The van der Waals surface area contributed by atoms with E-state index in [0.717, 1.165) is 17.8 Å². The Hall–Kier alpha value is -2.48. The van der Waals surface area contributed by atoms with Crippen molar-refractivity contribution in [3.63, 3.8) is 0 Å². The van der Waals surface area contributed by atoms with E-state index >= 15 is 0 Å². The van der Waals surface area contributed by atoms with Gasteiger partial charge in [0.15, 0.2) is 5.16 Å². The molecule has 6 N–H and O–H groups in total. The van der Waals surface area contributed by atoms with Crippen LogP contribution >= 0.6 is 11.8 Å². The predicted octanol–water partition coefficient (Wildman–Crippen LogP) is 0.784. The van der Waals surface area contributed by atoms with Gasteiger partial charge in [0.05, 0.1) is 5.56 Å². The summed E-state index contributed by atoms with van der Waals surface area (Å²) in [5.41, 5.74) is 11.0. The molecule has 0 saturated heterocycles. The zero-order chi connectivity index (χ0) is 14.0. The van der Waals surface area contributed by atoms with Gasteiger partial charge in [-0.15, -0.1) is 0 Å². The fraction of sp³-hybridized carbons (Fsp3) is 0. The number of H-pyrrole nitrogens is 1. The minimum atomic E-state index is -1.11. The van der Waals surface area contributed by atoms with Crippen LogP contribution in [0.2, 0.25) is 0 Å². The molecule has 1 aromatic heterocycles. The molecule has 0 bridgehead atoms. The van der Waals surface area contributed by atoms with Crippen molar-refractivity contribution in [2.45, 2.75) is 10.1 Å². The van der Waals surface area contributed by atoms with E-state index in [1.165, 1.54) is 6.07 Å². The van der Waals surface area contributed by atoms with E-state index in [9.17, 15) is 9.59 Å². The molecule has 0 fully saturated rings. The first-order valence-corrected chi connectivity index (χ1v) is 5.95. The Kier molecular flexibility index (Phi) is 3.43. The molecule has 0 saturated carbocycles. The number of carboxylic acids is 1. The van der Waals surface area contributed by atoms with Gasteiger partial charge in [-0.1, -0.05) is 11.8 Å². The number of nitrogens with zero attached hydrogens (tertiary/aromatic N) is 1. The van der Waals surface area contributed by atoms with Crippen molar-refractivity contribution in [3.8, 4) is 0 Å². The zero-order valence-corrected chi connectivity index (χ0v) is 10.4. The van der Waals surface area contributed by atoms with Crippen LogP contribution in [0.25, 0.3) is 0 Å². The van der Waals surface area contributed by atoms with Crippen LogP contribution in [0.3, 0.4) is 0 Å².